The summed E-state index contributed by atoms with van der Waals surface area (Å²) in [6.45, 7) is -1.29. The molecule has 0 aliphatic heterocycles. The van der Waals surface area contributed by atoms with Crippen molar-refractivity contribution in [3.8, 4) is 17.2 Å². The van der Waals surface area contributed by atoms with Crippen LogP contribution < -0.4 is 19.7 Å². The van der Waals surface area contributed by atoms with Gasteiger partial charge in [-0.2, -0.15) is 4.72 Å². The van der Waals surface area contributed by atoms with E-state index in [1.165, 1.54) is 12.1 Å². The van der Waals surface area contributed by atoms with E-state index >= 15 is 0 Å². The Kier molecular flexibility index (Phi) is 14.6. The molecule has 16 nitrogen and oxygen atoms in total. The summed E-state index contributed by atoms with van der Waals surface area (Å²) in [5.74, 6) is -6.25. The minimum Gasteiger partial charge on any atom is -0.503 e. The van der Waals surface area contributed by atoms with Crippen molar-refractivity contribution in [1.82, 2.24) is 10.0 Å². The first-order valence-corrected chi connectivity index (χ1v) is 20.2. The first kappa shape index (κ1) is 43.6. The summed E-state index contributed by atoms with van der Waals surface area (Å²) in [5, 5.41) is 35.0. The predicted molar refractivity (Wildman–Crippen MR) is 217 cm³/mol. The van der Waals surface area contributed by atoms with E-state index in [0.717, 1.165) is 18.9 Å². The molecule has 0 saturated heterocycles. The predicted octanol–water partition coefficient (Wildman–Crippen LogP) is 5.04. The van der Waals surface area contributed by atoms with Crippen LogP contribution in [0.3, 0.4) is 0 Å². The van der Waals surface area contributed by atoms with Crippen LogP contribution in [0.1, 0.15) is 21.5 Å². The molecule has 0 unspecified atom stereocenters. The van der Waals surface area contributed by atoms with Gasteiger partial charge in [-0.25, -0.2) is 22.8 Å². The zero-order valence-corrected chi connectivity index (χ0v) is 33.6. The first-order chi connectivity index (χ1) is 28.2. The number of carbonyl (C=O) groups excluding carboxylic acids is 3. The normalized spacial score (nSPS) is 12.2. The lowest BCUT2D eigenvalue weighted by Crippen LogP contribution is -2.44. The summed E-state index contributed by atoms with van der Waals surface area (Å²) in [6, 6.07) is 24.6. The summed E-state index contributed by atoms with van der Waals surface area (Å²) in [4.78, 5) is 53.4. The van der Waals surface area contributed by atoms with Gasteiger partial charge in [-0.1, -0.05) is 84.9 Å². The highest BCUT2D eigenvalue weighted by Gasteiger charge is 2.32. The quantitative estimate of drug-likeness (QED) is 0.0337. The van der Waals surface area contributed by atoms with Crippen LogP contribution in [-0.2, 0) is 47.0 Å². The van der Waals surface area contributed by atoms with Gasteiger partial charge >= 0.3 is 24.0 Å². The second-order valence-electron chi connectivity index (χ2n) is 12.9. The summed E-state index contributed by atoms with van der Waals surface area (Å²) in [6.07, 6.45) is -0.985. The Morgan fingerprint density at radius 1 is 0.763 bits per heavy atom. The number of fused-ring (bicyclic) bond motifs is 1. The number of esters is 2. The Hall–Kier alpha value is -6.50. The van der Waals surface area contributed by atoms with Crippen molar-refractivity contribution < 1.29 is 61.9 Å². The lowest BCUT2D eigenvalue weighted by molar-refractivity contribution is -0.146. The molecule has 0 fully saturated rings. The van der Waals surface area contributed by atoms with Crippen LogP contribution in [0.4, 0.5) is 10.5 Å². The number of alkyl carbamates (subject to hydrolysis) is 1. The number of amides is 1. The van der Waals surface area contributed by atoms with Crippen LogP contribution >= 0.6 is 11.8 Å². The molecule has 5 aromatic rings. The second kappa shape index (κ2) is 19.8. The number of ether oxygens (including phenoxy) is 4. The second-order valence-corrected chi connectivity index (χ2v) is 15.7. The number of phenolic OH excluding ortho intramolecular Hbond substituents is 2. The number of carbonyl (C=O) groups is 4. The van der Waals surface area contributed by atoms with Crippen LogP contribution in [0.15, 0.2) is 113 Å². The number of hydrogen-bond acceptors (Lipinski definition) is 14. The van der Waals surface area contributed by atoms with E-state index in [9.17, 15) is 42.9 Å². The number of benzene rings is 5. The van der Waals surface area contributed by atoms with E-state index < -0.39 is 75.5 Å². The summed E-state index contributed by atoms with van der Waals surface area (Å²) in [7, 11) is 0.198. The van der Waals surface area contributed by atoms with Gasteiger partial charge in [-0.15, -0.1) is 11.8 Å². The minimum absolute atomic E-state index is 0.123. The Labute approximate surface area is 343 Å². The zero-order valence-electron chi connectivity index (χ0n) is 32.0. The molecule has 0 spiro atoms. The molecule has 5 N–H and O–H groups in total. The molecule has 5 rings (SSSR count). The van der Waals surface area contributed by atoms with Gasteiger partial charge in [-0.3, -0.25) is 4.79 Å². The molecule has 18 heteroatoms. The average molecular weight is 848 g/mol. The number of nitrogens with zero attached hydrogens (tertiary/aromatic N) is 1. The number of methoxy groups -OCH3 is 1. The first-order valence-electron chi connectivity index (χ1n) is 17.7. The SMILES string of the molecule is COc1cc(C(=O)OC[C@H](NS(=O)(=O)c2cccc3c(N(C)C)cccc23)C(=O)O)c(SC[C@H](NC(=O)OCc2ccccc2)C(=O)OCc2ccccc2)c(O)c1O. The van der Waals surface area contributed by atoms with Gasteiger partial charge in [0.1, 0.15) is 25.9 Å². The highest BCUT2D eigenvalue weighted by Crippen LogP contribution is 2.45. The van der Waals surface area contributed by atoms with Crippen molar-refractivity contribution in [3.05, 3.63) is 120 Å². The van der Waals surface area contributed by atoms with Gasteiger partial charge < -0.3 is 44.5 Å². The maximum absolute atomic E-state index is 13.6. The Morgan fingerprint density at radius 2 is 1.37 bits per heavy atom. The molecule has 59 heavy (non-hydrogen) atoms. The maximum Gasteiger partial charge on any atom is 0.408 e. The van der Waals surface area contributed by atoms with E-state index in [-0.39, 0.29) is 28.8 Å². The van der Waals surface area contributed by atoms with E-state index in [1.807, 2.05) is 0 Å². The Balaban J connectivity index is 1.36. The lowest BCUT2D eigenvalue weighted by atomic mass is 10.1. The number of rotatable bonds is 18. The Morgan fingerprint density at radius 3 is 1.98 bits per heavy atom. The topological polar surface area (TPSA) is 227 Å². The number of sulfonamides is 1. The molecule has 0 aromatic heterocycles. The third kappa shape index (κ3) is 11.1. The smallest absolute Gasteiger partial charge is 0.408 e. The van der Waals surface area contributed by atoms with Crippen molar-refractivity contribution in [2.75, 3.05) is 38.5 Å². The van der Waals surface area contributed by atoms with E-state index in [4.69, 9.17) is 18.9 Å². The number of carboxylic acids is 1. The standard InChI is InChI=1S/C41H41N3O13S2/c1-44(2)32-18-10-17-28-27(32)16-11-19-34(28)59(52,53)43-30(38(47)48)23-56-39(49)29-20-33(54-3)35(45)36(46)37(29)58-24-31(40(50)55-21-25-12-6-4-7-13-25)42-41(51)57-22-26-14-8-5-9-15-26/h4-20,30-31,43,45-46H,21-24H2,1-3H3,(H,42,51)(H,47,48)/t30-,31-/m0/s1. The van der Waals surface area contributed by atoms with Crippen molar-refractivity contribution >= 4 is 62.2 Å². The lowest BCUT2D eigenvalue weighted by Gasteiger charge is -2.20. The molecule has 310 valence electrons. The van der Waals surface area contributed by atoms with Crippen LogP contribution in [0.2, 0.25) is 0 Å². The number of phenols is 2. The molecule has 0 bridgehead atoms. The van der Waals surface area contributed by atoms with Gasteiger partial charge in [0.05, 0.1) is 22.5 Å². The number of aliphatic carboxylic acids is 1. The molecule has 0 saturated carbocycles. The summed E-state index contributed by atoms with van der Waals surface area (Å²) in [5.41, 5.74) is 1.59. The fourth-order valence-electron chi connectivity index (χ4n) is 5.67. The minimum atomic E-state index is -4.52. The van der Waals surface area contributed by atoms with E-state index in [1.54, 1.807) is 104 Å². The number of thioether (sulfide) groups is 1. The third-order valence-electron chi connectivity index (χ3n) is 8.65. The average Bonchev–Trinajstić information content (AvgIpc) is 3.23. The van der Waals surface area contributed by atoms with Crippen molar-refractivity contribution in [1.29, 1.82) is 0 Å². The van der Waals surface area contributed by atoms with Gasteiger partial charge in [0.2, 0.25) is 15.8 Å². The molecule has 0 heterocycles. The molecular weight excluding hydrogens is 807 g/mol. The van der Waals surface area contributed by atoms with Crippen LogP contribution in [0.5, 0.6) is 17.2 Å². The van der Waals surface area contributed by atoms with Crippen LogP contribution in [0, 0.1) is 0 Å². The van der Waals surface area contributed by atoms with Gasteiger partial charge in [0.15, 0.2) is 17.5 Å². The van der Waals surface area contributed by atoms with Crippen molar-refractivity contribution in [3.63, 3.8) is 0 Å². The van der Waals surface area contributed by atoms with E-state index in [2.05, 4.69) is 10.0 Å². The molecule has 0 aliphatic rings. The molecule has 5 aromatic carbocycles. The maximum atomic E-state index is 13.6. The summed E-state index contributed by atoms with van der Waals surface area (Å²) < 4.78 is 50.4. The van der Waals surface area contributed by atoms with E-state index in [0.29, 0.717) is 33.7 Å². The third-order valence-corrected chi connectivity index (χ3v) is 11.4. The largest absolute Gasteiger partial charge is 0.503 e. The highest BCUT2D eigenvalue weighted by molar-refractivity contribution is 7.99. The fourth-order valence-corrected chi connectivity index (χ4v) is 8.15. The van der Waals surface area contributed by atoms with Crippen molar-refractivity contribution in [2.24, 2.45) is 0 Å². The highest BCUT2D eigenvalue weighted by atomic mass is 32.2. The van der Waals surface area contributed by atoms with Crippen LogP contribution in [-0.4, -0.2) is 93.4 Å². The number of aromatic hydroxyl groups is 2. The summed E-state index contributed by atoms with van der Waals surface area (Å²) >= 11 is 0.633. The van der Waals surface area contributed by atoms with Crippen molar-refractivity contribution in [2.45, 2.75) is 35.1 Å². The monoisotopic (exact) mass is 847 g/mol. The fraction of sp³-hybridized carbons (Fsp3) is 0.220. The zero-order chi connectivity index (χ0) is 42.7. The van der Waals surface area contributed by atoms with Gasteiger partial charge in [-0.05, 0) is 29.3 Å². The van der Waals surface area contributed by atoms with Gasteiger partial charge in [0.25, 0.3) is 0 Å². The Bertz CT molecular complexity index is 2410. The van der Waals surface area contributed by atoms with Crippen LogP contribution in [0.25, 0.3) is 10.8 Å². The molecular formula is C41H41N3O13S2. The number of nitrogens with one attached hydrogen (secondary N) is 2. The molecule has 2 atom stereocenters. The number of carboxylic acid groups (broad SMARTS) is 1. The molecule has 1 amide bonds. The molecule has 0 radical (unpaired) electrons. The number of hydrogen-bond donors (Lipinski definition) is 5. The molecule has 0 aliphatic carbocycles. The van der Waals surface area contributed by atoms with Gasteiger partial charge in [0, 0.05) is 36.3 Å². The number of anilines is 1.